The lowest BCUT2D eigenvalue weighted by Crippen LogP contribution is -2.47. The van der Waals surface area contributed by atoms with Gasteiger partial charge in [-0.05, 0) is 43.7 Å². The number of aliphatic carboxylic acids is 1. The lowest BCUT2D eigenvalue weighted by atomic mass is 10.0. The molecule has 23 heavy (non-hydrogen) atoms. The Bertz CT molecular complexity index is 585. The highest BCUT2D eigenvalue weighted by Crippen LogP contribution is 2.18. The maximum absolute atomic E-state index is 12.1. The third kappa shape index (κ3) is 5.07. The first-order valence-corrected chi connectivity index (χ1v) is 7.60. The quantitative estimate of drug-likeness (QED) is 0.764. The van der Waals surface area contributed by atoms with Crippen LogP contribution < -0.4 is 10.6 Å². The molecule has 0 saturated carbocycles. The van der Waals surface area contributed by atoms with E-state index < -0.39 is 12.0 Å². The summed E-state index contributed by atoms with van der Waals surface area (Å²) in [6.07, 6.45) is 2.36. The summed E-state index contributed by atoms with van der Waals surface area (Å²) in [4.78, 5) is 36.0. The molecule has 2 amide bonds. The summed E-state index contributed by atoms with van der Waals surface area (Å²) < 4.78 is 0. The zero-order valence-corrected chi connectivity index (χ0v) is 13.0. The predicted octanol–water partition coefficient (Wildman–Crippen LogP) is 1.52. The number of nitrogens with one attached hydrogen (secondary N) is 2. The van der Waals surface area contributed by atoms with E-state index in [-0.39, 0.29) is 18.4 Å². The van der Waals surface area contributed by atoms with Crippen molar-refractivity contribution in [3.05, 3.63) is 24.3 Å². The molecule has 0 spiro atoms. The number of nitrogens with zero attached hydrogens (tertiary/aromatic N) is 1. The summed E-state index contributed by atoms with van der Waals surface area (Å²) in [7, 11) is 0. The minimum Gasteiger partial charge on any atom is -0.480 e. The van der Waals surface area contributed by atoms with Crippen molar-refractivity contribution >= 4 is 29.2 Å². The molecule has 1 aliphatic heterocycles. The number of amides is 2. The summed E-state index contributed by atoms with van der Waals surface area (Å²) >= 11 is 0. The van der Waals surface area contributed by atoms with E-state index >= 15 is 0 Å². The maximum atomic E-state index is 12.1. The smallest absolute Gasteiger partial charge is 0.320 e. The third-order valence-corrected chi connectivity index (χ3v) is 3.73. The first-order valence-electron chi connectivity index (χ1n) is 7.60. The lowest BCUT2D eigenvalue weighted by Gasteiger charge is -2.32. The Kier molecular flexibility index (Phi) is 5.70. The van der Waals surface area contributed by atoms with Gasteiger partial charge in [-0.3, -0.25) is 19.3 Å². The molecule has 1 atom stereocenters. The van der Waals surface area contributed by atoms with Crippen molar-refractivity contribution in [2.75, 3.05) is 23.7 Å². The number of likely N-dealkylation sites (tertiary alicyclic amines) is 1. The molecule has 7 heteroatoms. The Morgan fingerprint density at radius 3 is 2.30 bits per heavy atom. The fourth-order valence-corrected chi connectivity index (χ4v) is 2.69. The monoisotopic (exact) mass is 319 g/mol. The molecule has 1 fully saturated rings. The van der Waals surface area contributed by atoms with E-state index in [2.05, 4.69) is 10.6 Å². The summed E-state index contributed by atoms with van der Waals surface area (Å²) in [5.41, 5.74) is 1.26. The minimum absolute atomic E-state index is 0.0599. The van der Waals surface area contributed by atoms with Gasteiger partial charge < -0.3 is 15.7 Å². The van der Waals surface area contributed by atoms with Gasteiger partial charge in [0.2, 0.25) is 11.8 Å². The van der Waals surface area contributed by atoms with Gasteiger partial charge in [-0.2, -0.15) is 0 Å². The van der Waals surface area contributed by atoms with Crippen molar-refractivity contribution in [1.82, 2.24) is 4.90 Å². The van der Waals surface area contributed by atoms with E-state index in [1.807, 2.05) is 0 Å². The Hall–Kier alpha value is -2.41. The number of hydrogen-bond donors (Lipinski definition) is 3. The second kappa shape index (κ2) is 7.73. The Morgan fingerprint density at radius 1 is 1.13 bits per heavy atom. The lowest BCUT2D eigenvalue weighted by molar-refractivity contribution is -0.145. The normalized spacial score (nSPS) is 18.2. The number of anilines is 2. The molecule has 0 bridgehead atoms. The number of benzene rings is 1. The molecule has 0 aliphatic carbocycles. The Labute approximate surface area is 134 Å². The van der Waals surface area contributed by atoms with Crippen LogP contribution in [0.25, 0.3) is 0 Å². The Balaban J connectivity index is 1.91. The molecule has 1 aromatic carbocycles. The van der Waals surface area contributed by atoms with Gasteiger partial charge in [0.15, 0.2) is 0 Å². The second-order valence-electron chi connectivity index (χ2n) is 5.63. The van der Waals surface area contributed by atoms with Crippen molar-refractivity contribution in [3.8, 4) is 0 Å². The van der Waals surface area contributed by atoms with Gasteiger partial charge in [0.05, 0.1) is 6.54 Å². The van der Waals surface area contributed by atoms with Crippen LogP contribution in [-0.4, -0.2) is 46.9 Å². The van der Waals surface area contributed by atoms with Crippen LogP contribution in [0.5, 0.6) is 0 Å². The number of carboxylic acid groups (broad SMARTS) is 1. The molecular weight excluding hydrogens is 298 g/mol. The van der Waals surface area contributed by atoms with E-state index in [1.54, 1.807) is 29.2 Å². The molecule has 0 radical (unpaired) electrons. The highest BCUT2D eigenvalue weighted by molar-refractivity contribution is 5.93. The zero-order chi connectivity index (χ0) is 16.8. The van der Waals surface area contributed by atoms with Crippen molar-refractivity contribution in [2.45, 2.75) is 32.2 Å². The van der Waals surface area contributed by atoms with E-state index in [1.165, 1.54) is 6.92 Å². The van der Waals surface area contributed by atoms with Crippen LogP contribution in [0.1, 0.15) is 26.2 Å². The molecule has 1 aromatic rings. The van der Waals surface area contributed by atoms with Crippen LogP contribution in [0.15, 0.2) is 24.3 Å². The largest absolute Gasteiger partial charge is 0.480 e. The highest BCUT2D eigenvalue weighted by atomic mass is 16.4. The maximum Gasteiger partial charge on any atom is 0.320 e. The van der Waals surface area contributed by atoms with Crippen molar-refractivity contribution in [3.63, 3.8) is 0 Å². The molecule has 1 aliphatic rings. The zero-order valence-electron chi connectivity index (χ0n) is 13.0. The van der Waals surface area contributed by atoms with Crippen LogP contribution in [0.2, 0.25) is 0 Å². The molecular formula is C16H21N3O4. The number of carbonyl (C=O) groups excluding carboxylic acids is 2. The summed E-state index contributed by atoms with van der Waals surface area (Å²) in [5.74, 6) is -1.28. The molecule has 7 nitrogen and oxygen atoms in total. The molecule has 124 valence electrons. The van der Waals surface area contributed by atoms with E-state index in [0.717, 1.165) is 12.8 Å². The summed E-state index contributed by atoms with van der Waals surface area (Å²) in [6, 6.07) is 6.18. The van der Waals surface area contributed by atoms with Crippen molar-refractivity contribution < 1.29 is 19.5 Å². The molecule has 1 unspecified atom stereocenters. The number of hydrogen-bond acceptors (Lipinski definition) is 4. The average Bonchev–Trinajstić information content (AvgIpc) is 2.49. The SMILES string of the molecule is CC(=O)Nc1ccc(NC(=O)CN2CCCCC2C(=O)O)cc1. The van der Waals surface area contributed by atoms with Gasteiger partial charge in [0, 0.05) is 18.3 Å². The van der Waals surface area contributed by atoms with Gasteiger partial charge >= 0.3 is 5.97 Å². The third-order valence-electron chi connectivity index (χ3n) is 3.73. The van der Waals surface area contributed by atoms with Crippen molar-refractivity contribution in [1.29, 1.82) is 0 Å². The van der Waals surface area contributed by atoms with Gasteiger partial charge in [0.1, 0.15) is 6.04 Å². The van der Waals surface area contributed by atoms with E-state index in [4.69, 9.17) is 0 Å². The highest BCUT2D eigenvalue weighted by Gasteiger charge is 2.29. The molecule has 0 aromatic heterocycles. The first kappa shape index (κ1) is 17.0. The summed E-state index contributed by atoms with van der Waals surface area (Å²) in [6.45, 7) is 2.10. The number of carboxylic acids is 1. The first-order chi connectivity index (χ1) is 11.0. The van der Waals surface area contributed by atoms with Gasteiger partial charge in [-0.25, -0.2) is 0 Å². The molecule has 2 rings (SSSR count). The van der Waals surface area contributed by atoms with Crippen LogP contribution in [0, 0.1) is 0 Å². The molecule has 1 heterocycles. The van der Waals surface area contributed by atoms with Gasteiger partial charge in [-0.1, -0.05) is 6.42 Å². The fourth-order valence-electron chi connectivity index (χ4n) is 2.69. The van der Waals surface area contributed by atoms with Gasteiger partial charge in [0.25, 0.3) is 0 Å². The van der Waals surface area contributed by atoms with Gasteiger partial charge in [-0.15, -0.1) is 0 Å². The van der Waals surface area contributed by atoms with E-state index in [0.29, 0.717) is 24.3 Å². The molecule has 1 saturated heterocycles. The standard InChI is InChI=1S/C16H21N3O4/c1-11(20)17-12-5-7-13(8-6-12)18-15(21)10-19-9-3-2-4-14(19)16(22)23/h5-8,14H,2-4,9-10H2,1H3,(H,17,20)(H,18,21)(H,22,23). The number of piperidine rings is 1. The van der Waals surface area contributed by atoms with Crippen LogP contribution in [0.4, 0.5) is 11.4 Å². The minimum atomic E-state index is -0.878. The van der Waals surface area contributed by atoms with Crippen molar-refractivity contribution in [2.24, 2.45) is 0 Å². The fraction of sp³-hybridized carbons (Fsp3) is 0.438. The van der Waals surface area contributed by atoms with Crippen LogP contribution >= 0.6 is 0 Å². The second-order valence-corrected chi connectivity index (χ2v) is 5.63. The van der Waals surface area contributed by atoms with E-state index in [9.17, 15) is 19.5 Å². The average molecular weight is 319 g/mol. The van der Waals surface area contributed by atoms with Crippen LogP contribution in [0.3, 0.4) is 0 Å². The number of rotatable bonds is 5. The van der Waals surface area contributed by atoms with Crippen LogP contribution in [-0.2, 0) is 14.4 Å². The molecule has 3 N–H and O–H groups in total. The predicted molar refractivity (Wildman–Crippen MR) is 86.2 cm³/mol. The summed E-state index contributed by atoms with van der Waals surface area (Å²) in [5, 5.41) is 14.6. The Morgan fingerprint density at radius 2 is 1.74 bits per heavy atom. The number of carbonyl (C=O) groups is 3. The topological polar surface area (TPSA) is 98.7 Å².